The van der Waals surface area contributed by atoms with Crippen molar-refractivity contribution in [3.63, 3.8) is 0 Å². The van der Waals surface area contributed by atoms with Crippen LogP contribution in [0.25, 0.3) is 6.08 Å². The highest BCUT2D eigenvalue weighted by molar-refractivity contribution is 7.16. The fourth-order valence-electron chi connectivity index (χ4n) is 3.50. The number of benzene rings is 1. The van der Waals surface area contributed by atoms with Crippen LogP contribution >= 0.6 is 11.3 Å². The number of carbonyl (C=O) groups excluding carboxylic acids is 2. The predicted molar refractivity (Wildman–Crippen MR) is 120 cm³/mol. The molecule has 1 aliphatic heterocycles. The van der Waals surface area contributed by atoms with Crippen LogP contribution in [0.15, 0.2) is 60.9 Å². The van der Waals surface area contributed by atoms with Crippen molar-refractivity contribution < 1.29 is 9.59 Å². The van der Waals surface area contributed by atoms with Gasteiger partial charge in [0.25, 0.3) is 0 Å². The van der Waals surface area contributed by atoms with E-state index < -0.39 is 0 Å². The minimum atomic E-state index is -0.288. The van der Waals surface area contributed by atoms with E-state index in [1.165, 1.54) is 17.4 Å². The van der Waals surface area contributed by atoms with Crippen LogP contribution in [0.3, 0.4) is 0 Å². The van der Waals surface area contributed by atoms with Crippen molar-refractivity contribution in [3.8, 4) is 6.07 Å². The SMILES string of the molecule is N#Cc1c(NC(=O)C=Cc2ccccc2)sc2c1CCN(C(=O)Cc1cccnc1)C2. The fourth-order valence-corrected chi connectivity index (χ4v) is 4.72. The molecule has 0 radical (unpaired) electrons. The van der Waals surface area contributed by atoms with E-state index in [9.17, 15) is 14.9 Å². The minimum Gasteiger partial charge on any atom is -0.337 e. The van der Waals surface area contributed by atoms with Crippen molar-refractivity contribution in [2.75, 3.05) is 11.9 Å². The Hall–Kier alpha value is -3.76. The van der Waals surface area contributed by atoms with Gasteiger partial charge in [0.15, 0.2) is 0 Å². The van der Waals surface area contributed by atoms with E-state index in [0.29, 0.717) is 36.5 Å². The predicted octanol–water partition coefficient (Wildman–Crippen LogP) is 3.79. The number of nitrogens with zero attached hydrogens (tertiary/aromatic N) is 3. The van der Waals surface area contributed by atoms with Crippen molar-refractivity contribution in [1.29, 1.82) is 5.26 Å². The van der Waals surface area contributed by atoms with Gasteiger partial charge in [0.05, 0.1) is 18.5 Å². The van der Waals surface area contributed by atoms with Crippen LogP contribution in [-0.2, 0) is 29.0 Å². The molecule has 3 aromatic rings. The Morgan fingerprint density at radius 3 is 2.81 bits per heavy atom. The van der Waals surface area contributed by atoms with E-state index in [4.69, 9.17) is 0 Å². The average molecular weight is 429 g/mol. The van der Waals surface area contributed by atoms with Gasteiger partial charge < -0.3 is 10.2 Å². The molecule has 6 nitrogen and oxygen atoms in total. The summed E-state index contributed by atoms with van der Waals surface area (Å²) in [5, 5.41) is 13.0. The van der Waals surface area contributed by atoms with Gasteiger partial charge in [-0.15, -0.1) is 11.3 Å². The first kappa shape index (κ1) is 20.5. The molecule has 0 atom stereocenters. The van der Waals surface area contributed by atoms with Crippen LogP contribution in [0, 0.1) is 11.3 Å². The molecule has 0 aliphatic carbocycles. The first-order chi connectivity index (χ1) is 15.1. The number of fused-ring (bicyclic) bond motifs is 1. The monoisotopic (exact) mass is 428 g/mol. The van der Waals surface area contributed by atoms with Crippen molar-refractivity contribution in [2.24, 2.45) is 0 Å². The van der Waals surface area contributed by atoms with Gasteiger partial charge in [-0.3, -0.25) is 14.6 Å². The molecule has 3 heterocycles. The van der Waals surface area contributed by atoms with Crippen molar-refractivity contribution in [2.45, 2.75) is 19.4 Å². The summed E-state index contributed by atoms with van der Waals surface area (Å²) in [6.45, 7) is 1.00. The number of carbonyl (C=O) groups is 2. The number of rotatable bonds is 5. The van der Waals surface area contributed by atoms with E-state index in [-0.39, 0.29) is 11.8 Å². The summed E-state index contributed by atoms with van der Waals surface area (Å²) < 4.78 is 0. The molecule has 0 bridgehead atoms. The molecule has 1 aliphatic rings. The van der Waals surface area contributed by atoms with Crippen LogP contribution in [0.5, 0.6) is 0 Å². The van der Waals surface area contributed by atoms with E-state index in [1.807, 2.05) is 42.5 Å². The van der Waals surface area contributed by atoms with Gasteiger partial charge in [0.2, 0.25) is 11.8 Å². The first-order valence-corrected chi connectivity index (χ1v) is 10.7. The molecule has 0 spiro atoms. The second-order valence-corrected chi connectivity index (χ2v) is 8.26. The number of amides is 2. The summed E-state index contributed by atoms with van der Waals surface area (Å²) >= 11 is 1.37. The average Bonchev–Trinajstić information content (AvgIpc) is 3.15. The van der Waals surface area contributed by atoms with Gasteiger partial charge in [0.1, 0.15) is 11.1 Å². The van der Waals surface area contributed by atoms with Crippen LogP contribution in [0.4, 0.5) is 5.00 Å². The van der Waals surface area contributed by atoms with E-state index in [0.717, 1.165) is 21.6 Å². The van der Waals surface area contributed by atoms with Crippen LogP contribution in [0.2, 0.25) is 0 Å². The lowest BCUT2D eigenvalue weighted by molar-refractivity contribution is -0.131. The molecule has 154 valence electrons. The summed E-state index contributed by atoms with van der Waals surface area (Å²) in [4.78, 5) is 31.9. The van der Waals surface area contributed by atoms with Crippen molar-refractivity contribution >= 4 is 34.2 Å². The summed E-state index contributed by atoms with van der Waals surface area (Å²) in [5.41, 5.74) is 3.23. The highest BCUT2D eigenvalue weighted by atomic mass is 32.1. The van der Waals surface area contributed by atoms with Gasteiger partial charge in [-0.2, -0.15) is 5.26 Å². The number of nitriles is 1. The number of anilines is 1. The molecule has 1 aromatic carbocycles. The van der Waals surface area contributed by atoms with Crippen molar-refractivity contribution in [1.82, 2.24) is 9.88 Å². The minimum absolute atomic E-state index is 0.0296. The summed E-state index contributed by atoms with van der Waals surface area (Å²) in [6.07, 6.45) is 7.47. The van der Waals surface area contributed by atoms with Crippen LogP contribution in [-0.4, -0.2) is 28.2 Å². The summed E-state index contributed by atoms with van der Waals surface area (Å²) in [6, 6.07) is 15.5. The Labute approximate surface area is 184 Å². The number of aromatic nitrogens is 1. The molecule has 4 rings (SSSR count). The van der Waals surface area contributed by atoms with E-state index in [1.54, 1.807) is 23.4 Å². The van der Waals surface area contributed by atoms with E-state index >= 15 is 0 Å². The third-order valence-electron chi connectivity index (χ3n) is 5.06. The lowest BCUT2D eigenvalue weighted by Gasteiger charge is -2.27. The zero-order valence-corrected chi connectivity index (χ0v) is 17.6. The van der Waals surface area contributed by atoms with Gasteiger partial charge in [-0.05, 0) is 35.3 Å². The maximum absolute atomic E-state index is 12.7. The number of pyridine rings is 1. The molecule has 2 aromatic heterocycles. The third kappa shape index (κ3) is 4.87. The van der Waals surface area contributed by atoms with Crippen LogP contribution < -0.4 is 5.32 Å². The largest absolute Gasteiger partial charge is 0.337 e. The molecule has 0 fully saturated rings. The molecule has 2 amide bonds. The standard InChI is InChI=1S/C24H20N4O2S/c25-14-20-19-10-12-28(23(30)13-18-7-4-11-26-15-18)16-21(19)31-24(20)27-22(29)9-8-17-5-2-1-3-6-17/h1-9,11,15H,10,12-13,16H2,(H,27,29). The Kier molecular flexibility index (Phi) is 6.20. The Bertz CT molecular complexity index is 1160. The second kappa shape index (κ2) is 9.37. The quantitative estimate of drug-likeness (QED) is 0.627. The number of hydrogen-bond donors (Lipinski definition) is 1. The fraction of sp³-hybridized carbons (Fsp3) is 0.167. The number of nitrogens with one attached hydrogen (secondary N) is 1. The maximum atomic E-state index is 12.7. The zero-order valence-electron chi connectivity index (χ0n) is 16.7. The third-order valence-corrected chi connectivity index (χ3v) is 6.20. The zero-order chi connectivity index (χ0) is 21.6. The second-order valence-electron chi connectivity index (χ2n) is 7.16. The topological polar surface area (TPSA) is 86.1 Å². The summed E-state index contributed by atoms with van der Waals surface area (Å²) in [5.74, 6) is -0.259. The molecule has 0 unspecified atom stereocenters. The maximum Gasteiger partial charge on any atom is 0.249 e. The molecule has 0 saturated carbocycles. The molecule has 1 N–H and O–H groups in total. The molecule has 7 heteroatoms. The van der Waals surface area contributed by atoms with Crippen molar-refractivity contribution in [3.05, 3.63) is 88.1 Å². The Morgan fingerprint density at radius 2 is 2.06 bits per heavy atom. The lowest BCUT2D eigenvalue weighted by atomic mass is 10.0. The van der Waals surface area contributed by atoms with E-state index in [2.05, 4.69) is 16.4 Å². The normalized spacial score (nSPS) is 12.9. The molecule has 31 heavy (non-hydrogen) atoms. The molecular weight excluding hydrogens is 408 g/mol. The summed E-state index contributed by atoms with van der Waals surface area (Å²) in [7, 11) is 0. The Morgan fingerprint density at radius 1 is 1.23 bits per heavy atom. The first-order valence-electron chi connectivity index (χ1n) is 9.89. The number of thiophene rings is 1. The van der Waals surface area contributed by atoms with Crippen LogP contribution in [0.1, 0.15) is 27.1 Å². The van der Waals surface area contributed by atoms with Gasteiger partial charge in [0, 0.05) is 29.9 Å². The Balaban J connectivity index is 1.45. The highest BCUT2D eigenvalue weighted by Gasteiger charge is 2.27. The smallest absolute Gasteiger partial charge is 0.249 e. The molecule has 0 saturated heterocycles. The van der Waals surface area contributed by atoms with Gasteiger partial charge in [-0.25, -0.2) is 0 Å². The number of hydrogen-bond acceptors (Lipinski definition) is 5. The molecular formula is C24H20N4O2S. The van der Waals surface area contributed by atoms with Gasteiger partial charge in [-0.1, -0.05) is 36.4 Å². The lowest BCUT2D eigenvalue weighted by Crippen LogP contribution is -2.36. The van der Waals surface area contributed by atoms with Gasteiger partial charge >= 0.3 is 0 Å². The highest BCUT2D eigenvalue weighted by Crippen LogP contribution is 2.36.